The third kappa shape index (κ3) is 3.38. The van der Waals surface area contributed by atoms with Crippen LogP contribution in [0.3, 0.4) is 0 Å². The van der Waals surface area contributed by atoms with Crippen LogP contribution >= 0.6 is 15.9 Å². The zero-order valence-corrected chi connectivity index (χ0v) is 14.0. The predicted octanol–water partition coefficient (Wildman–Crippen LogP) is 4.31. The Morgan fingerprint density at radius 2 is 2.10 bits per heavy atom. The largest absolute Gasteiger partial charge is 0.324 e. The Morgan fingerprint density at radius 3 is 2.81 bits per heavy atom. The van der Waals surface area contributed by atoms with Crippen molar-refractivity contribution in [2.75, 3.05) is 0 Å². The lowest BCUT2D eigenvalue weighted by atomic mass is 10.0. The molecule has 1 aliphatic carbocycles. The molecular weight excluding hydrogens is 326 g/mol. The molecule has 3 rings (SSSR count). The smallest absolute Gasteiger partial charge is 0.0643 e. The lowest BCUT2D eigenvalue weighted by Gasteiger charge is -2.12. The molecule has 1 saturated carbocycles. The van der Waals surface area contributed by atoms with Crippen molar-refractivity contribution >= 4 is 15.9 Å². The average Bonchev–Trinajstić information content (AvgIpc) is 3.12. The molecule has 0 radical (unpaired) electrons. The number of aromatic nitrogens is 2. The van der Waals surface area contributed by atoms with Crippen LogP contribution < -0.4 is 5.73 Å². The molecule has 2 N–H and O–H groups in total. The van der Waals surface area contributed by atoms with Gasteiger partial charge in [0.15, 0.2) is 0 Å². The Balaban J connectivity index is 1.69. The molecule has 0 amide bonds. The van der Waals surface area contributed by atoms with Gasteiger partial charge in [-0.2, -0.15) is 5.10 Å². The fraction of sp³-hybridized carbons (Fsp3) is 0.471. The zero-order valence-electron chi connectivity index (χ0n) is 12.4. The highest BCUT2D eigenvalue weighted by Crippen LogP contribution is 2.29. The third-order valence-electron chi connectivity index (χ3n) is 4.42. The number of nitrogens with two attached hydrogens (primary N) is 1. The van der Waals surface area contributed by atoms with Crippen molar-refractivity contribution in [3.63, 3.8) is 0 Å². The summed E-state index contributed by atoms with van der Waals surface area (Å²) in [5, 5.41) is 4.72. The maximum Gasteiger partial charge on any atom is 0.0643 e. The zero-order chi connectivity index (χ0) is 14.8. The highest BCUT2D eigenvalue weighted by Gasteiger charge is 2.18. The van der Waals surface area contributed by atoms with Gasteiger partial charge in [0.2, 0.25) is 0 Å². The van der Waals surface area contributed by atoms with Crippen molar-refractivity contribution in [2.45, 2.75) is 51.1 Å². The van der Waals surface area contributed by atoms with E-state index in [0.717, 1.165) is 22.2 Å². The van der Waals surface area contributed by atoms with E-state index in [4.69, 9.17) is 10.8 Å². The Kier molecular flexibility index (Phi) is 4.45. The predicted molar refractivity (Wildman–Crippen MR) is 89.2 cm³/mol. The van der Waals surface area contributed by atoms with E-state index >= 15 is 0 Å². The second kappa shape index (κ2) is 6.32. The van der Waals surface area contributed by atoms with Gasteiger partial charge in [-0.05, 0) is 43.0 Å². The molecule has 1 atom stereocenters. The van der Waals surface area contributed by atoms with Crippen LogP contribution in [0.4, 0.5) is 0 Å². The molecule has 0 saturated heterocycles. The van der Waals surface area contributed by atoms with Crippen LogP contribution in [0.1, 0.15) is 54.6 Å². The average molecular weight is 348 g/mol. The van der Waals surface area contributed by atoms with E-state index in [1.807, 2.05) is 0 Å². The van der Waals surface area contributed by atoms with Crippen molar-refractivity contribution < 1.29 is 0 Å². The number of nitrogens with zero attached hydrogens (tertiary/aromatic N) is 2. The summed E-state index contributed by atoms with van der Waals surface area (Å²) in [6.45, 7) is 2.09. The van der Waals surface area contributed by atoms with E-state index in [1.165, 1.54) is 31.2 Å². The summed E-state index contributed by atoms with van der Waals surface area (Å²) in [5.41, 5.74) is 9.82. The summed E-state index contributed by atoms with van der Waals surface area (Å²) in [5.74, 6) is 0. The first-order valence-corrected chi connectivity index (χ1v) is 8.48. The fourth-order valence-electron chi connectivity index (χ4n) is 3.04. The Labute approximate surface area is 134 Å². The summed E-state index contributed by atoms with van der Waals surface area (Å²) in [6, 6.07) is 9.04. The topological polar surface area (TPSA) is 43.8 Å². The molecule has 1 aromatic carbocycles. The van der Waals surface area contributed by atoms with Crippen molar-refractivity contribution in [3.05, 3.63) is 51.8 Å². The highest BCUT2D eigenvalue weighted by atomic mass is 79.9. The van der Waals surface area contributed by atoms with Crippen LogP contribution in [0.15, 0.2) is 34.9 Å². The fourth-order valence-corrected chi connectivity index (χ4v) is 3.44. The van der Waals surface area contributed by atoms with Gasteiger partial charge in [-0.3, -0.25) is 4.68 Å². The van der Waals surface area contributed by atoms with Gasteiger partial charge in [0.05, 0.1) is 11.7 Å². The van der Waals surface area contributed by atoms with Gasteiger partial charge in [-0.25, -0.2) is 0 Å². The molecule has 3 nitrogen and oxygen atoms in total. The molecule has 2 aromatic rings. The first kappa shape index (κ1) is 14.8. The lowest BCUT2D eigenvalue weighted by molar-refractivity contribution is 0.461. The lowest BCUT2D eigenvalue weighted by Crippen LogP contribution is -2.14. The van der Waals surface area contributed by atoms with Crippen LogP contribution in [0.2, 0.25) is 0 Å². The Hall–Kier alpha value is -1.13. The minimum Gasteiger partial charge on any atom is -0.324 e. The normalized spacial score (nSPS) is 17.3. The van der Waals surface area contributed by atoms with Gasteiger partial charge < -0.3 is 5.73 Å². The number of halogens is 1. The van der Waals surface area contributed by atoms with Gasteiger partial charge >= 0.3 is 0 Å². The molecule has 1 aromatic heterocycles. The van der Waals surface area contributed by atoms with E-state index in [1.54, 1.807) is 0 Å². The Bertz CT molecular complexity index is 614. The number of rotatable bonds is 4. The molecule has 1 unspecified atom stereocenters. The third-order valence-corrected chi connectivity index (χ3v) is 5.27. The quantitative estimate of drug-likeness (QED) is 0.895. The summed E-state index contributed by atoms with van der Waals surface area (Å²) >= 11 is 3.57. The number of hydrogen-bond donors (Lipinski definition) is 1. The van der Waals surface area contributed by atoms with Gasteiger partial charge in [-0.1, -0.05) is 40.9 Å². The van der Waals surface area contributed by atoms with Crippen LogP contribution in [0.5, 0.6) is 0 Å². The van der Waals surface area contributed by atoms with Gasteiger partial charge in [-0.15, -0.1) is 0 Å². The summed E-state index contributed by atoms with van der Waals surface area (Å²) in [7, 11) is 0. The Morgan fingerprint density at radius 1 is 1.33 bits per heavy atom. The van der Waals surface area contributed by atoms with E-state index in [-0.39, 0.29) is 6.04 Å². The van der Waals surface area contributed by atoms with E-state index < -0.39 is 0 Å². The van der Waals surface area contributed by atoms with E-state index in [0.29, 0.717) is 6.04 Å². The molecule has 0 bridgehead atoms. The first-order valence-electron chi connectivity index (χ1n) is 7.69. The molecule has 0 aliphatic heterocycles. The second-order valence-corrected chi connectivity index (χ2v) is 6.90. The molecule has 1 heterocycles. The number of hydrogen-bond acceptors (Lipinski definition) is 2. The molecule has 0 spiro atoms. The van der Waals surface area contributed by atoms with Gasteiger partial charge in [0, 0.05) is 23.1 Å². The maximum atomic E-state index is 6.34. The van der Waals surface area contributed by atoms with Crippen LogP contribution in [-0.4, -0.2) is 9.78 Å². The number of benzene rings is 1. The molecule has 21 heavy (non-hydrogen) atoms. The molecule has 4 heteroatoms. The SMILES string of the molecule is Cc1ccc(C(N)Cc2ccn(C3CCCC3)n2)cc1Br. The minimum absolute atomic E-state index is 0.00571. The molecule has 1 aliphatic rings. The van der Waals surface area contributed by atoms with Gasteiger partial charge in [0.1, 0.15) is 0 Å². The van der Waals surface area contributed by atoms with Crippen LogP contribution in [-0.2, 0) is 6.42 Å². The highest BCUT2D eigenvalue weighted by molar-refractivity contribution is 9.10. The van der Waals surface area contributed by atoms with E-state index in [2.05, 4.69) is 58.0 Å². The standard InChI is InChI=1S/C17H22BrN3/c1-12-6-7-13(10-16(12)18)17(19)11-14-8-9-21(20-14)15-4-2-3-5-15/h6-10,15,17H,2-5,11,19H2,1H3. The summed E-state index contributed by atoms with van der Waals surface area (Å²) < 4.78 is 3.26. The second-order valence-electron chi connectivity index (χ2n) is 6.04. The van der Waals surface area contributed by atoms with Crippen molar-refractivity contribution in [1.29, 1.82) is 0 Å². The molecular formula is C17H22BrN3. The summed E-state index contributed by atoms with van der Waals surface area (Å²) in [4.78, 5) is 0. The first-order chi connectivity index (χ1) is 10.1. The van der Waals surface area contributed by atoms with Crippen LogP contribution in [0.25, 0.3) is 0 Å². The molecule has 112 valence electrons. The van der Waals surface area contributed by atoms with Crippen molar-refractivity contribution in [1.82, 2.24) is 9.78 Å². The maximum absolute atomic E-state index is 6.34. The molecule has 1 fully saturated rings. The van der Waals surface area contributed by atoms with E-state index in [9.17, 15) is 0 Å². The van der Waals surface area contributed by atoms with Gasteiger partial charge in [0.25, 0.3) is 0 Å². The summed E-state index contributed by atoms with van der Waals surface area (Å²) in [6.07, 6.45) is 8.09. The van der Waals surface area contributed by atoms with Crippen molar-refractivity contribution in [2.24, 2.45) is 5.73 Å². The number of aryl methyl sites for hydroxylation is 1. The minimum atomic E-state index is -0.00571. The monoisotopic (exact) mass is 347 g/mol. The van der Waals surface area contributed by atoms with Crippen molar-refractivity contribution in [3.8, 4) is 0 Å². The van der Waals surface area contributed by atoms with Crippen LogP contribution in [0, 0.1) is 6.92 Å².